The van der Waals surface area contributed by atoms with Gasteiger partial charge in [0.1, 0.15) is 10.1 Å². The van der Waals surface area contributed by atoms with Crippen LogP contribution in [0.1, 0.15) is 16.7 Å². The van der Waals surface area contributed by atoms with Gasteiger partial charge in [-0.2, -0.15) is 0 Å². The number of aromatic nitrogens is 2. The predicted octanol–water partition coefficient (Wildman–Crippen LogP) is 5.28. The van der Waals surface area contributed by atoms with Crippen molar-refractivity contribution in [1.29, 1.82) is 0 Å². The maximum absolute atomic E-state index is 12.3. The highest BCUT2D eigenvalue weighted by molar-refractivity contribution is 8.02. The Labute approximate surface area is 168 Å². The smallest absolute Gasteiger partial charge is 0.234 e. The van der Waals surface area contributed by atoms with E-state index in [1.54, 1.807) is 24.2 Å². The zero-order chi connectivity index (χ0) is 19.2. The number of anilines is 1. The standard InChI is InChI=1S/C21H21N3OS2/c1-14-4-8-18(9-5-14)27-21-20(22-10-11-23-21)26-13-19(25)24-17-7-6-15(2)16(3)12-17/h4-12H,13H2,1-3H3,(H,24,25). The number of carbonyl (C=O) groups is 1. The van der Waals surface area contributed by atoms with Crippen LogP contribution >= 0.6 is 23.5 Å². The molecule has 0 saturated carbocycles. The molecular formula is C21H21N3OS2. The Hall–Kier alpha value is -2.31. The second-order valence-electron chi connectivity index (χ2n) is 6.22. The molecule has 6 heteroatoms. The first-order chi connectivity index (χ1) is 13.0. The molecule has 2 aromatic carbocycles. The number of thioether (sulfide) groups is 1. The fourth-order valence-electron chi connectivity index (χ4n) is 2.35. The van der Waals surface area contributed by atoms with Gasteiger partial charge in [0.25, 0.3) is 0 Å². The summed E-state index contributed by atoms with van der Waals surface area (Å²) in [5, 5.41) is 4.51. The lowest BCUT2D eigenvalue weighted by Gasteiger charge is -2.09. The van der Waals surface area contributed by atoms with Crippen LogP contribution in [0.5, 0.6) is 0 Å². The lowest BCUT2D eigenvalue weighted by molar-refractivity contribution is -0.113. The number of benzene rings is 2. The van der Waals surface area contributed by atoms with Crippen molar-refractivity contribution in [3.8, 4) is 0 Å². The number of aryl methyl sites for hydroxylation is 3. The molecule has 1 amide bonds. The molecule has 0 aliphatic carbocycles. The van der Waals surface area contributed by atoms with Crippen molar-refractivity contribution in [3.63, 3.8) is 0 Å². The van der Waals surface area contributed by atoms with Gasteiger partial charge in [0.15, 0.2) is 0 Å². The van der Waals surface area contributed by atoms with Crippen molar-refractivity contribution in [2.45, 2.75) is 35.7 Å². The third-order valence-electron chi connectivity index (χ3n) is 4.00. The Balaban J connectivity index is 1.62. The van der Waals surface area contributed by atoms with E-state index in [2.05, 4.69) is 53.4 Å². The minimum absolute atomic E-state index is 0.0554. The zero-order valence-corrected chi connectivity index (χ0v) is 17.2. The minimum Gasteiger partial charge on any atom is -0.325 e. The topological polar surface area (TPSA) is 54.9 Å². The van der Waals surface area contributed by atoms with E-state index in [9.17, 15) is 4.79 Å². The Morgan fingerprint density at radius 2 is 1.63 bits per heavy atom. The molecular weight excluding hydrogens is 374 g/mol. The molecule has 1 heterocycles. The molecule has 1 aromatic heterocycles. The SMILES string of the molecule is Cc1ccc(Sc2nccnc2SCC(=O)Nc2ccc(C)c(C)c2)cc1. The summed E-state index contributed by atoms with van der Waals surface area (Å²) < 4.78 is 0. The molecule has 0 radical (unpaired) electrons. The third-order valence-corrected chi connectivity index (χ3v) is 6.11. The van der Waals surface area contributed by atoms with E-state index >= 15 is 0 Å². The fraction of sp³-hybridized carbons (Fsp3) is 0.190. The zero-order valence-electron chi connectivity index (χ0n) is 15.5. The van der Waals surface area contributed by atoms with E-state index in [1.165, 1.54) is 22.9 Å². The summed E-state index contributed by atoms with van der Waals surface area (Å²) in [5.74, 6) is 0.229. The second kappa shape index (κ2) is 9.06. The van der Waals surface area contributed by atoms with Crippen molar-refractivity contribution in [2.75, 3.05) is 11.1 Å². The fourth-order valence-corrected chi connectivity index (χ4v) is 4.05. The van der Waals surface area contributed by atoms with Crippen LogP contribution in [0.2, 0.25) is 0 Å². The summed E-state index contributed by atoms with van der Waals surface area (Å²) in [6, 6.07) is 14.2. The van der Waals surface area contributed by atoms with Crippen LogP contribution in [0.4, 0.5) is 5.69 Å². The molecule has 0 saturated heterocycles. The van der Waals surface area contributed by atoms with Gasteiger partial charge >= 0.3 is 0 Å². The first kappa shape index (κ1) is 19.5. The van der Waals surface area contributed by atoms with E-state index in [4.69, 9.17) is 0 Å². The van der Waals surface area contributed by atoms with Crippen molar-refractivity contribution >= 4 is 35.1 Å². The van der Waals surface area contributed by atoms with Gasteiger partial charge in [-0.15, -0.1) is 0 Å². The van der Waals surface area contributed by atoms with Gasteiger partial charge in [-0.25, -0.2) is 9.97 Å². The summed E-state index contributed by atoms with van der Waals surface area (Å²) in [6.45, 7) is 6.15. The monoisotopic (exact) mass is 395 g/mol. The largest absolute Gasteiger partial charge is 0.325 e. The van der Waals surface area contributed by atoms with Gasteiger partial charge in [-0.1, -0.05) is 47.3 Å². The summed E-state index contributed by atoms with van der Waals surface area (Å²) in [4.78, 5) is 22.2. The van der Waals surface area contributed by atoms with E-state index in [0.29, 0.717) is 0 Å². The summed E-state index contributed by atoms with van der Waals surface area (Å²) >= 11 is 2.95. The van der Waals surface area contributed by atoms with E-state index in [0.717, 1.165) is 26.2 Å². The van der Waals surface area contributed by atoms with Crippen LogP contribution < -0.4 is 5.32 Å². The van der Waals surface area contributed by atoms with E-state index in [-0.39, 0.29) is 11.7 Å². The minimum atomic E-state index is -0.0554. The molecule has 27 heavy (non-hydrogen) atoms. The molecule has 4 nitrogen and oxygen atoms in total. The van der Waals surface area contributed by atoms with Gasteiger partial charge in [-0.3, -0.25) is 4.79 Å². The van der Waals surface area contributed by atoms with Crippen LogP contribution in [0.25, 0.3) is 0 Å². The van der Waals surface area contributed by atoms with Gasteiger partial charge in [0.2, 0.25) is 5.91 Å². The molecule has 3 rings (SSSR count). The summed E-state index contributed by atoms with van der Waals surface area (Å²) in [5.41, 5.74) is 4.40. The van der Waals surface area contributed by atoms with Crippen molar-refractivity contribution < 1.29 is 4.79 Å². The molecule has 0 fully saturated rings. The molecule has 0 unspecified atom stereocenters. The van der Waals surface area contributed by atoms with Crippen LogP contribution in [0.15, 0.2) is 69.8 Å². The molecule has 1 N–H and O–H groups in total. The van der Waals surface area contributed by atoms with Gasteiger partial charge < -0.3 is 5.32 Å². The number of carbonyl (C=O) groups excluding carboxylic acids is 1. The van der Waals surface area contributed by atoms with Crippen LogP contribution in [0, 0.1) is 20.8 Å². The number of nitrogens with zero attached hydrogens (tertiary/aromatic N) is 2. The molecule has 0 spiro atoms. The number of hydrogen-bond acceptors (Lipinski definition) is 5. The molecule has 3 aromatic rings. The lowest BCUT2D eigenvalue weighted by Crippen LogP contribution is -2.14. The first-order valence-electron chi connectivity index (χ1n) is 8.57. The number of amides is 1. The van der Waals surface area contributed by atoms with Crippen LogP contribution in [0.3, 0.4) is 0 Å². The molecule has 0 aliphatic heterocycles. The average molecular weight is 396 g/mol. The lowest BCUT2D eigenvalue weighted by atomic mass is 10.1. The highest BCUT2D eigenvalue weighted by atomic mass is 32.2. The second-order valence-corrected chi connectivity index (χ2v) is 8.24. The first-order valence-corrected chi connectivity index (χ1v) is 10.4. The van der Waals surface area contributed by atoms with Crippen molar-refractivity contribution in [2.24, 2.45) is 0 Å². The highest BCUT2D eigenvalue weighted by Gasteiger charge is 2.11. The quantitative estimate of drug-likeness (QED) is 0.575. The van der Waals surface area contributed by atoms with Crippen molar-refractivity contribution in [3.05, 3.63) is 71.5 Å². The third kappa shape index (κ3) is 5.58. The Kier molecular flexibility index (Phi) is 6.53. The van der Waals surface area contributed by atoms with Crippen LogP contribution in [-0.2, 0) is 4.79 Å². The highest BCUT2D eigenvalue weighted by Crippen LogP contribution is 2.32. The molecule has 0 aliphatic rings. The Morgan fingerprint density at radius 1 is 0.926 bits per heavy atom. The molecule has 138 valence electrons. The summed E-state index contributed by atoms with van der Waals surface area (Å²) in [7, 11) is 0. The normalized spacial score (nSPS) is 10.6. The van der Waals surface area contributed by atoms with Crippen LogP contribution in [-0.4, -0.2) is 21.6 Å². The number of nitrogens with one attached hydrogen (secondary N) is 1. The Bertz CT molecular complexity index is 942. The molecule has 0 bridgehead atoms. The predicted molar refractivity (Wildman–Crippen MR) is 113 cm³/mol. The number of hydrogen-bond donors (Lipinski definition) is 1. The van der Waals surface area contributed by atoms with Gasteiger partial charge in [0, 0.05) is 23.0 Å². The summed E-state index contributed by atoms with van der Waals surface area (Å²) in [6.07, 6.45) is 3.33. The van der Waals surface area contributed by atoms with Gasteiger partial charge in [-0.05, 0) is 56.2 Å². The van der Waals surface area contributed by atoms with E-state index in [1.807, 2.05) is 25.1 Å². The maximum Gasteiger partial charge on any atom is 0.234 e. The maximum atomic E-state index is 12.3. The van der Waals surface area contributed by atoms with E-state index < -0.39 is 0 Å². The molecule has 0 atom stereocenters. The average Bonchev–Trinajstić information content (AvgIpc) is 2.66. The Morgan fingerprint density at radius 3 is 2.33 bits per heavy atom. The van der Waals surface area contributed by atoms with Crippen molar-refractivity contribution in [1.82, 2.24) is 9.97 Å². The number of rotatable bonds is 6. The van der Waals surface area contributed by atoms with Gasteiger partial charge in [0.05, 0.1) is 5.75 Å².